The summed E-state index contributed by atoms with van der Waals surface area (Å²) in [4.78, 5) is 8.88. The number of hydrogen-bond acceptors (Lipinski definition) is 5. The molecule has 0 aliphatic heterocycles. The molecule has 2 heterocycles. The molecule has 2 N–H and O–H groups in total. The standard InChI is InChI=1S/C15H17N3O2/c1-3-10(8-19)18-15-14-13(16-9(2)17-15)11-6-4-5-7-12(11)20-14/h4-7,10,19H,3,8H2,1-2H3,(H,16,17,18)/t10-/m1/s1. The van der Waals surface area contributed by atoms with Crippen molar-refractivity contribution >= 4 is 27.9 Å². The molecule has 104 valence electrons. The molecule has 0 spiro atoms. The van der Waals surface area contributed by atoms with Crippen LogP contribution in [0.3, 0.4) is 0 Å². The number of aromatic nitrogens is 2. The summed E-state index contributed by atoms with van der Waals surface area (Å²) in [6.45, 7) is 3.92. The van der Waals surface area contributed by atoms with E-state index in [0.29, 0.717) is 17.2 Å². The third-order valence-corrected chi connectivity index (χ3v) is 3.39. The number of benzene rings is 1. The van der Waals surface area contributed by atoms with E-state index in [1.807, 2.05) is 38.1 Å². The van der Waals surface area contributed by atoms with Crippen LogP contribution in [0.2, 0.25) is 0 Å². The van der Waals surface area contributed by atoms with Crippen LogP contribution in [-0.4, -0.2) is 27.7 Å². The van der Waals surface area contributed by atoms with Gasteiger partial charge in [0, 0.05) is 5.39 Å². The molecular formula is C15H17N3O2. The topological polar surface area (TPSA) is 71.2 Å². The number of nitrogens with zero attached hydrogens (tertiary/aromatic N) is 2. The average molecular weight is 271 g/mol. The van der Waals surface area contributed by atoms with Gasteiger partial charge in [0.1, 0.15) is 16.9 Å². The molecule has 0 aliphatic carbocycles. The summed E-state index contributed by atoms with van der Waals surface area (Å²) in [5.74, 6) is 1.32. The maximum absolute atomic E-state index is 9.33. The van der Waals surface area contributed by atoms with Gasteiger partial charge in [-0.2, -0.15) is 0 Å². The molecule has 5 nitrogen and oxygen atoms in total. The number of para-hydroxylation sites is 1. The van der Waals surface area contributed by atoms with Gasteiger partial charge >= 0.3 is 0 Å². The molecule has 0 bridgehead atoms. The Hall–Kier alpha value is -2.14. The predicted molar refractivity (Wildman–Crippen MR) is 78.8 cm³/mol. The fourth-order valence-corrected chi connectivity index (χ4v) is 2.27. The lowest BCUT2D eigenvalue weighted by Gasteiger charge is -2.14. The SMILES string of the molecule is CC[C@H](CO)Nc1nc(C)nc2c1oc1ccccc12. The van der Waals surface area contributed by atoms with Gasteiger partial charge in [0.05, 0.1) is 12.6 Å². The fraction of sp³-hybridized carbons (Fsp3) is 0.333. The lowest BCUT2D eigenvalue weighted by Crippen LogP contribution is -2.23. The van der Waals surface area contributed by atoms with Crippen LogP contribution in [0.4, 0.5) is 5.82 Å². The number of rotatable bonds is 4. The van der Waals surface area contributed by atoms with Crippen LogP contribution in [-0.2, 0) is 0 Å². The molecule has 0 radical (unpaired) electrons. The number of anilines is 1. The summed E-state index contributed by atoms with van der Waals surface area (Å²) in [6, 6.07) is 7.76. The van der Waals surface area contributed by atoms with Crippen molar-refractivity contribution < 1.29 is 9.52 Å². The van der Waals surface area contributed by atoms with Crippen LogP contribution in [0.5, 0.6) is 0 Å². The number of furan rings is 1. The maximum atomic E-state index is 9.33. The first-order valence-electron chi connectivity index (χ1n) is 6.76. The number of aliphatic hydroxyl groups is 1. The normalized spacial score (nSPS) is 12.9. The first kappa shape index (κ1) is 12.9. The average Bonchev–Trinajstić information content (AvgIpc) is 2.83. The zero-order valence-electron chi connectivity index (χ0n) is 11.6. The monoisotopic (exact) mass is 271 g/mol. The minimum atomic E-state index is -0.0410. The molecule has 0 fully saturated rings. The summed E-state index contributed by atoms with van der Waals surface area (Å²) in [6.07, 6.45) is 0.807. The number of nitrogens with one attached hydrogen (secondary N) is 1. The van der Waals surface area contributed by atoms with Crippen LogP contribution >= 0.6 is 0 Å². The lowest BCUT2D eigenvalue weighted by molar-refractivity contribution is 0.271. The highest BCUT2D eigenvalue weighted by atomic mass is 16.3. The molecule has 0 amide bonds. The molecule has 1 aromatic carbocycles. The predicted octanol–water partition coefficient (Wildman–Crippen LogP) is 2.87. The molecule has 0 saturated carbocycles. The molecule has 0 saturated heterocycles. The van der Waals surface area contributed by atoms with Gasteiger partial charge in [-0.1, -0.05) is 19.1 Å². The summed E-state index contributed by atoms with van der Waals surface area (Å²) in [7, 11) is 0. The van der Waals surface area contributed by atoms with Crippen LogP contribution in [0, 0.1) is 6.92 Å². The fourth-order valence-electron chi connectivity index (χ4n) is 2.27. The van der Waals surface area contributed by atoms with E-state index >= 15 is 0 Å². The molecule has 5 heteroatoms. The highest BCUT2D eigenvalue weighted by molar-refractivity contribution is 6.05. The van der Waals surface area contributed by atoms with E-state index in [2.05, 4.69) is 15.3 Å². The van der Waals surface area contributed by atoms with Gasteiger partial charge in [0.2, 0.25) is 0 Å². The number of fused-ring (bicyclic) bond motifs is 3. The van der Waals surface area contributed by atoms with E-state index in [9.17, 15) is 5.11 Å². The van der Waals surface area contributed by atoms with E-state index in [1.54, 1.807) is 0 Å². The van der Waals surface area contributed by atoms with Crippen molar-refractivity contribution in [3.63, 3.8) is 0 Å². The van der Waals surface area contributed by atoms with Gasteiger partial charge in [0.15, 0.2) is 11.4 Å². The molecule has 20 heavy (non-hydrogen) atoms. The van der Waals surface area contributed by atoms with E-state index in [0.717, 1.165) is 22.9 Å². The van der Waals surface area contributed by atoms with Crippen molar-refractivity contribution in [3.05, 3.63) is 30.1 Å². The molecule has 2 aromatic heterocycles. The van der Waals surface area contributed by atoms with E-state index in [-0.39, 0.29) is 12.6 Å². The van der Waals surface area contributed by atoms with Gasteiger partial charge in [-0.15, -0.1) is 0 Å². The number of hydrogen-bond donors (Lipinski definition) is 2. The van der Waals surface area contributed by atoms with Gasteiger partial charge in [-0.3, -0.25) is 0 Å². The Morgan fingerprint density at radius 1 is 1.30 bits per heavy atom. The van der Waals surface area contributed by atoms with Gasteiger partial charge in [0.25, 0.3) is 0 Å². The van der Waals surface area contributed by atoms with Crippen molar-refractivity contribution in [2.45, 2.75) is 26.3 Å². The Bertz CT molecular complexity index is 747. The van der Waals surface area contributed by atoms with Crippen molar-refractivity contribution in [2.75, 3.05) is 11.9 Å². The third kappa shape index (κ3) is 2.10. The first-order valence-corrected chi connectivity index (χ1v) is 6.76. The highest BCUT2D eigenvalue weighted by Crippen LogP contribution is 2.31. The van der Waals surface area contributed by atoms with Gasteiger partial charge in [-0.25, -0.2) is 9.97 Å². The molecular weight excluding hydrogens is 254 g/mol. The van der Waals surface area contributed by atoms with Crippen molar-refractivity contribution in [2.24, 2.45) is 0 Å². The molecule has 3 rings (SSSR count). The van der Waals surface area contributed by atoms with Gasteiger partial charge < -0.3 is 14.8 Å². The zero-order chi connectivity index (χ0) is 14.1. The first-order chi connectivity index (χ1) is 9.72. The van der Waals surface area contributed by atoms with Crippen molar-refractivity contribution in [1.29, 1.82) is 0 Å². The third-order valence-electron chi connectivity index (χ3n) is 3.39. The Morgan fingerprint density at radius 3 is 2.85 bits per heavy atom. The second kappa shape index (κ2) is 5.09. The second-order valence-corrected chi connectivity index (χ2v) is 4.83. The van der Waals surface area contributed by atoms with Crippen molar-refractivity contribution in [1.82, 2.24) is 9.97 Å². The van der Waals surface area contributed by atoms with E-state index < -0.39 is 0 Å². The summed E-state index contributed by atoms with van der Waals surface area (Å²) >= 11 is 0. The Morgan fingerprint density at radius 2 is 2.10 bits per heavy atom. The Kier molecular flexibility index (Phi) is 3.28. The summed E-state index contributed by atoms with van der Waals surface area (Å²) < 4.78 is 5.86. The minimum absolute atomic E-state index is 0.0410. The van der Waals surface area contributed by atoms with E-state index in [1.165, 1.54) is 0 Å². The smallest absolute Gasteiger partial charge is 0.196 e. The largest absolute Gasteiger partial charge is 0.450 e. The van der Waals surface area contributed by atoms with Crippen LogP contribution in [0.15, 0.2) is 28.7 Å². The zero-order valence-corrected chi connectivity index (χ0v) is 11.6. The van der Waals surface area contributed by atoms with E-state index in [4.69, 9.17) is 4.42 Å². The minimum Gasteiger partial charge on any atom is -0.450 e. The van der Waals surface area contributed by atoms with Crippen LogP contribution in [0.25, 0.3) is 22.1 Å². The van der Waals surface area contributed by atoms with Crippen molar-refractivity contribution in [3.8, 4) is 0 Å². The Balaban J connectivity index is 2.20. The van der Waals surface area contributed by atoms with Gasteiger partial charge in [-0.05, 0) is 25.5 Å². The second-order valence-electron chi connectivity index (χ2n) is 4.83. The number of aryl methyl sites for hydroxylation is 1. The van der Waals surface area contributed by atoms with Crippen LogP contribution < -0.4 is 5.32 Å². The highest BCUT2D eigenvalue weighted by Gasteiger charge is 2.16. The Labute approximate surface area is 116 Å². The molecule has 1 atom stereocenters. The number of aliphatic hydroxyl groups excluding tert-OH is 1. The summed E-state index contributed by atoms with van der Waals surface area (Å²) in [5.41, 5.74) is 2.24. The van der Waals surface area contributed by atoms with Crippen LogP contribution in [0.1, 0.15) is 19.2 Å². The maximum Gasteiger partial charge on any atom is 0.196 e. The quantitative estimate of drug-likeness (QED) is 0.763. The molecule has 0 unspecified atom stereocenters. The lowest BCUT2D eigenvalue weighted by atomic mass is 10.2. The molecule has 3 aromatic rings. The molecule has 0 aliphatic rings. The summed E-state index contributed by atoms with van der Waals surface area (Å²) in [5, 5.41) is 13.5.